The van der Waals surface area contributed by atoms with Gasteiger partial charge in [0, 0.05) is 38.3 Å². The Hall–Kier alpha value is -1.90. The fourth-order valence-corrected chi connectivity index (χ4v) is 2.78. The lowest BCUT2D eigenvalue weighted by Gasteiger charge is -2.30. The van der Waals surface area contributed by atoms with Crippen LogP contribution in [0.4, 0.5) is 0 Å². The zero-order valence-corrected chi connectivity index (χ0v) is 13.6. The summed E-state index contributed by atoms with van der Waals surface area (Å²) in [5, 5.41) is 18.0. The normalized spacial score (nSPS) is 19.2. The summed E-state index contributed by atoms with van der Waals surface area (Å²) >= 11 is 6.36. The van der Waals surface area contributed by atoms with Gasteiger partial charge in [-0.3, -0.25) is 9.58 Å². The third-order valence-electron chi connectivity index (χ3n) is 3.75. The number of carboxylic acids is 1. The van der Waals surface area contributed by atoms with Crippen molar-refractivity contribution in [2.45, 2.75) is 19.6 Å². The number of aromatic nitrogens is 3. The molecule has 2 aromatic heterocycles. The third-order valence-corrected chi connectivity index (χ3v) is 4.22. The molecule has 2 aromatic rings. The summed E-state index contributed by atoms with van der Waals surface area (Å²) in [7, 11) is 1.75. The molecule has 0 aliphatic carbocycles. The van der Waals surface area contributed by atoms with E-state index in [0.717, 1.165) is 5.56 Å². The first-order chi connectivity index (χ1) is 11.0. The van der Waals surface area contributed by atoms with Crippen molar-refractivity contribution in [1.82, 2.24) is 19.8 Å². The number of carbonyl (C=O) groups is 1. The largest absolute Gasteiger partial charge is 0.479 e. The zero-order valence-electron chi connectivity index (χ0n) is 12.8. The topological polar surface area (TPSA) is 93.6 Å². The number of hydrogen-bond acceptors (Lipinski definition) is 6. The van der Waals surface area contributed by atoms with E-state index in [2.05, 4.69) is 10.3 Å². The molecule has 1 aliphatic heterocycles. The molecule has 0 saturated carbocycles. The van der Waals surface area contributed by atoms with Crippen LogP contribution in [0.5, 0.6) is 0 Å². The van der Waals surface area contributed by atoms with Crippen LogP contribution >= 0.6 is 11.6 Å². The molecule has 1 saturated heterocycles. The molecule has 0 spiro atoms. The van der Waals surface area contributed by atoms with Crippen molar-refractivity contribution in [2.24, 2.45) is 7.05 Å². The van der Waals surface area contributed by atoms with Crippen LogP contribution in [-0.4, -0.2) is 56.7 Å². The smallest absolute Gasteiger partial charge is 0.334 e. The molecule has 1 N–H and O–H groups in total. The fraction of sp³-hybridized carbons (Fsp3) is 0.500. The Labute approximate surface area is 137 Å². The molecule has 1 atom stereocenters. The van der Waals surface area contributed by atoms with Gasteiger partial charge in [0.25, 0.3) is 0 Å². The van der Waals surface area contributed by atoms with Gasteiger partial charge in [-0.25, -0.2) is 4.79 Å². The molecule has 0 amide bonds. The molecule has 124 valence electrons. The number of aryl methyl sites for hydroxylation is 2. The van der Waals surface area contributed by atoms with Crippen molar-refractivity contribution < 1.29 is 19.2 Å². The van der Waals surface area contributed by atoms with Crippen LogP contribution < -0.4 is 0 Å². The molecular weight excluding hydrogens is 324 g/mol. The first-order valence-electron chi connectivity index (χ1n) is 7.17. The Kier molecular flexibility index (Phi) is 4.38. The standard InChI is InChI=1S/C14H17ClN4O4/c1-8-5-10(17-23-8)12-9(13(15)18(2)16-12)6-19-3-4-22-11(7-19)14(20)21/h5,11H,3-4,6-7H2,1-2H3,(H,20,21)/t11-/m1/s1. The minimum atomic E-state index is -0.959. The predicted molar refractivity (Wildman–Crippen MR) is 81.1 cm³/mol. The van der Waals surface area contributed by atoms with Gasteiger partial charge in [0.15, 0.2) is 6.10 Å². The first kappa shape index (κ1) is 16.0. The van der Waals surface area contributed by atoms with E-state index in [-0.39, 0.29) is 0 Å². The monoisotopic (exact) mass is 340 g/mol. The van der Waals surface area contributed by atoms with E-state index in [1.165, 1.54) is 0 Å². The minimum Gasteiger partial charge on any atom is -0.479 e. The van der Waals surface area contributed by atoms with Gasteiger partial charge in [-0.15, -0.1) is 0 Å². The highest BCUT2D eigenvalue weighted by atomic mass is 35.5. The number of morpholine rings is 1. The summed E-state index contributed by atoms with van der Waals surface area (Å²) in [6.07, 6.45) is -0.822. The van der Waals surface area contributed by atoms with Crippen LogP contribution in [0.25, 0.3) is 11.4 Å². The molecule has 9 heteroatoms. The number of halogens is 1. The average Bonchev–Trinajstić information content (AvgIpc) is 3.06. The maximum atomic E-state index is 11.1. The molecule has 0 aromatic carbocycles. The number of hydrogen-bond donors (Lipinski definition) is 1. The summed E-state index contributed by atoms with van der Waals surface area (Å²) in [6.45, 7) is 3.58. The van der Waals surface area contributed by atoms with Gasteiger partial charge in [0.05, 0.1) is 6.61 Å². The highest BCUT2D eigenvalue weighted by molar-refractivity contribution is 6.30. The van der Waals surface area contributed by atoms with E-state index in [1.54, 1.807) is 24.7 Å². The van der Waals surface area contributed by atoms with Gasteiger partial charge in [0.1, 0.15) is 22.3 Å². The maximum absolute atomic E-state index is 11.1. The lowest BCUT2D eigenvalue weighted by Crippen LogP contribution is -2.45. The van der Waals surface area contributed by atoms with E-state index in [9.17, 15) is 4.79 Å². The number of nitrogens with zero attached hydrogens (tertiary/aromatic N) is 4. The summed E-state index contributed by atoms with van der Waals surface area (Å²) in [6, 6.07) is 1.79. The molecule has 8 nitrogen and oxygen atoms in total. The number of aliphatic carboxylic acids is 1. The first-order valence-corrected chi connectivity index (χ1v) is 7.55. The van der Waals surface area contributed by atoms with Crippen LogP contribution in [0.3, 0.4) is 0 Å². The number of ether oxygens (including phenoxy) is 1. The Bertz CT molecular complexity index is 726. The number of carboxylic acid groups (broad SMARTS) is 1. The lowest BCUT2D eigenvalue weighted by molar-refractivity contribution is -0.156. The van der Waals surface area contributed by atoms with Crippen molar-refractivity contribution >= 4 is 17.6 Å². The Morgan fingerprint density at radius 2 is 2.35 bits per heavy atom. The van der Waals surface area contributed by atoms with Crippen LogP contribution in [0, 0.1) is 6.92 Å². The second-order valence-corrected chi connectivity index (χ2v) is 5.86. The van der Waals surface area contributed by atoms with Gasteiger partial charge >= 0.3 is 5.97 Å². The van der Waals surface area contributed by atoms with Crippen molar-refractivity contribution in [2.75, 3.05) is 19.7 Å². The number of rotatable bonds is 4. The molecule has 0 bridgehead atoms. The van der Waals surface area contributed by atoms with Crippen LogP contribution in [0.15, 0.2) is 10.6 Å². The van der Waals surface area contributed by atoms with Gasteiger partial charge in [-0.05, 0) is 6.92 Å². The molecule has 1 aliphatic rings. The van der Waals surface area contributed by atoms with Crippen LogP contribution in [-0.2, 0) is 23.1 Å². The Balaban J connectivity index is 1.86. The van der Waals surface area contributed by atoms with Gasteiger partial charge in [-0.2, -0.15) is 5.10 Å². The van der Waals surface area contributed by atoms with Crippen molar-refractivity contribution in [3.8, 4) is 11.4 Å². The lowest BCUT2D eigenvalue weighted by atomic mass is 10.1. The van der Waals surface area contributed by atoms with Crippen molar-refractivity contribution in [3.63, 3.8) is 0 Å². The molecule has 0 unspecified atom stereocenters. The SMILES string of the molecule is Cc1cc(-c2nn(C)c(Cl)c2CN2CCO[C@@H](C(=O)O)C2)no1. The van der Waals surface area contributed by atoms with Crippen molar-refractivity contribution in [1.29, 1.82) is 0 Å². The predicted octanol–water partition coefficient (Wildman–Crippen LogP) is 1.32. The average molecular weight is 341 g/mol. The van der Waals surface area contributed by atoms with Crippen molar-refractivity contribution in [3.05, 3.63) is 22.5 Å². The van der Waals surface area contributed by atoms with Gasteiger partial charge < -0.3 is 14.4 Å². The van der Waals surface area contributed by atoms with Crippen LogP contribution in [0.2, 0.25) is 5.15 Å². The quantitative estimate of drug-likeness (QED) is 0.897. The highest BCUT2D eigenvalue weighted by Gasteiger charge is 2.28. The summed E-state index contributed by atoms with van der Waals surface area (Å²) < 4.78 is 11.9. The Morgan fingerprint density at radius 3 is 3.00 bits per heavy atom. The third kappa shape index (κ3) is 3.24. The van der Waals surface area contributed by atoms with E-state index in [1.807, 2.05) is 4.90 Å². The second-order valence-electron chi connectivity index (χ2n) is 5.50. The summed E-state index contributed by atoms with van der Waals surface area (Å²) in [4.78, 5) is 13.1. The van der Waals surface area contributed by atoms with Gasteiger partial charge in [0.2, 0.25) is 0 Å². The molecule has 23 heavy (non-hydrogen) atoms. The van der Waals surface area contributed by atoms with E-state index >= 15 is 0 Å². The Morgan fingerprint density at radius 1 is 1.57 bits per heavy atom. The van der Waals surface area contributed by atoms with Gasteiger partial charge in [-0.1, -0.05) is 16.8 Å². The summed E-state index contributed by atoms with van der Waals surface area (Å²) in [5.74, 6) is -0.274. The molecule has 3 rings (SSSR count). The van der Waals surface area contributed by atoms with E-state index in [0.29, 0.717) is 48.5 Å². The van der Waals surface area contributed by atoms with E-state index < -0.39 is 12.1 Å². The summed E-state index contributed by atoms with van der Waals surface area (Å²) in [5.41, 5.74) is 2.06. The van der Waals surface area contributed by atoms with E-state index in [4.69, 9.17) is 26.0 Å². The second kappa shape index (κ2) is 6.31. The molecule has 3 heterocycles. The molecular formula is C14H17ClN4O4. The van der Waals surface area contributed by atoms with Crippen LogP contribution in [0.1, 0.15) is 11.3 Å². The maximum Gasteiger partial charge on any atom is 0.334 e. The highest BCUT2D eigenvalue weighted by Crippen LogP contribution is 2.29. The molecule has 1 fully saturated rings. The zero-order chi connectivity index (χ0) is 16.6. The minimum absolute atomic E-state index is 0.303. The fourth-order valence-electron chi connectivity index (χ4n) is 2.59. The molecule has 0 radical (unpaired) electrons.